The average molecular weight is 711 g/mol. The molecule has 1 saturated heterocycles. The third-order valence-electron chi connectivity index (χ3n) is 9.98. The van der Waals surface area contributed by atoms with E-state index in [-0.39, 0.29) is 44.2 Å². The van der Waals surface area contributed by atoms with Crippen LogP contribution in [0.3, 0.4) is 0 Å². The van der Waals surface area contributed by atoms with Gasteiger partial charge in [-0.2, -0.15) is 0 Å². The van der Waals surface area contributed by atoms with Crippen molar-refractivity contribution < 1.29 is 32.6 Å². The molecule has 0 saturated carbocycles. The predicted octanol–water partition coefficient (Wildman–Crippen LogP) is 7.94. The summed E-state index contributed by atoms with van der Waals surface area (Å²) in [6.45, 7) is 3.95. The highest BCUT2D eigenvalue weighted by Gasteiger charge is 2.46. The first kappa shape index (κ1) is 34.0. The molecular weight excluding hydrogens is 670 g/mol. The Kier molecular flexibility index (Phi) is 9.32. The molecular formula is C39H40N2O7P2. The van der Waals surface area contributed by atoms with Gasteiger partial charge in [0.15, 0.2) is 0 Å². The number of hydrogen-bond donors (Lipinski definition) is 0. The number of benzene rings is 4. The number of rotatable bonds is 11. The van der Waals surface area contributed by atoms with Gasteiger partial charge >= 0.3 is 6.03 Å². The molecule has 3 aliphatic heterocycles. The molecule has 0 radical (unpaired) electrons. The van der Waals surface area contributed by atoms with Crippen LogP contribution in [0.25, 0.3) is 22.3 Å². The number of carbonyl (C=O) groups is 3. The molecule has 3 unspecified atom stereocenters. The van der Waals surface area contributed by atoms with Gasteiger partial charge in [0, 0.05) is 36.5 Å². The second-order valence-corrected chi connectivity index (χ2v) is 18.2. The van der Waals surface area contributed by atoms with E-state index in [9.17, 15) is 23.5 Å². The minimum atomic E-state index is -3.38. The Hall–Kier alpha value is -4.45. The summed E-state index contributed by atoms with van der Waals surface area (Å²) in [6, 6.07) is 29.1. The highest BCUT2D eigenvalue weighted by Crippen LogP contribution is 2.56. The molecule has 3 heterocycles. The van der Waals surface area contributed by atoms with E-state index in [2.05, 4.69) is 0 Å². The number of nitrogens with zero attached hydrogens (tertiary/aromatic N) is 2. The second-order valence-electron chi connectivity index (χ2n) is 13.3. The monoisotopic (exact) mass is 710 g/mol. The molecule has 4 aromatic rings. The van der Waals surface area contributed by atoms with Gasteiger partial charge in [0.05, 0.1) is 10.6 Å². The molecule has 0 aliphatic carbocycles. The van der Waals surface area contributed by atoms with E-state index < -0.39 is 38.5 Å². The molecule has 7 rings (SSSR count). The smallest absolute Gasteiger partial charge is 0.333 e. The number of barbiturate groups is 1. The minimum Gasteiger partial charge on any atom is -0.439 e. The van der Waals surface area contributed by atoms with Crippen molar-refractivity contribution in [1.82, 2.24) is 9.80 Å². The van der Waals surface area contributed by atoms with E-state index in [4.69, 9.17) is 9.05 Å². The lowest BCUT2D eigenvalue weighted by atomic mass is 9.90. The first-order chi connectivity index (χ1) is 24.1. The standard InChI is InChI=1S/C39H40N2O7P2/c1-3-27(2)26-32-37(42)40(22-12-24-49(45)35-20-10-6-16-30(35)28-14-4-8-18-33(28)47-49)39(44)41(38(32)43)23-13-25-50(46)36-21-11-7-17-31(36)29-15-5-9-19-34(29)48-50/h4-11,14-21,27,32H,3,12-13,22-26H2,1-2H3. The lowest BCUT2D eigenvalue weighted by Gasteiger charge is -2.38. The number of para-hydroxylation sites is 2. The fourth-order valence-corrected chi connectivity index (χ4v) is 11.8. The highest BCUT2D eigenvalue weighted by molar-refractivity contribution is 7.68. The van der Waals surface area contributed by atoms with Crippen LogP contribution in [0.15, 0.2) is 97.1 Å². The van der Waals surface area contributed by atoms with Crippen LogP contribution >= 0.6 is 14.7 Å². The van der Waals surface area contributed by atoms with Crippen molar-refractivity contribution >= 4 is 43.2 Å². The summed E-state index contributed by atoms with van der Waals surface area (Å²) in [7, 11) is -6.76. The van der Waals surface area contributed by atoms with Gasteiger partial charge in [-0.1, -0.05) is 93.1 Å². The molecule has 11 heteroatoms. The second kappa shape index (κ2) is 13.7. The normalized spacial score (nSPS) is 22.8. The van der Waals surface area contributed by atoms with E-state index in [0.29, 0.717) is 28.5 Å². The molecule has 0 spiro atoms. The summed E-state index contributed by atoms with van der Waals surface area (Å²) in [5.74, 6) is -0.907. The molecule has 9 nitrogen and oxygen atoms in total. The Morgan fingerprint density at radius 2 is 1.02 bits per heavy atom. The number of carbonyl (C=O) groups excluding carboxylic acids is 3. The van der Waals surface area contributed by atoms with E-state index in [1.165, 1.54) is 0 Å². The third-order valence-corrected chi connectivity index (χ3v) is 15.0. The summed E-state index contributed by atoms with van der Waals surface area (Å²) in [5.41, 5.74) is 3.43. The van der Waals surface area contributed by atoms with Crippen LogP contribution in [-0.4, -0.2) is 53.1 Å². The Morgan fingerprint density at radius 3 is 1.46 bits per heavy atom. The lowest BCUT2D eigenvalue weighted by Crippen LogP contribution is -2.60. The maximum absolute atomic E-state index is 14.4. The Labute approximate surface area is 292 Å². The van der Waals surface area contributed by atoms with Gasteiger partial charge in [-0.25, -0.2) is 4.79 Å². The predicted molar refractivity (Wildman–Crippen MR) is 195 cm³/mol. The van der Waals surface area contributed by atoms with Crippen LogP contribution < -0.4 is 19.7 Å². The minimum absolute atomic E-state index is 0.0125. The summed E-state index contributed by atoms with van der Waals surface area (Å²) in [5, 5.41) is 1.23. The Bertz CT molecular complexity index is 1940. The number of hydrogen-bond acceptors (Lipinski definition) is 7. The molecule has 4 aromatic carbocycles. The third kappa shape index (κ3) is 6.12. The summed E-state index contributed by atoms with van der Waals surface area (Å²) >= 11 is 0. The zero-order valence-corrected chi connectivity index (χ0v) is 30.0. The fraction of sp³-hybridized carbons (Fsp3) is 0.308. The van der Waals surface area contributed by atoms with Gasteiger partial charge in [-0.05, 0) is 60.6 Å². The summed E-state index contributed by atoms with van der Waals surface area (Å²) in [6.07, 6.45) is 1.76. The number of fused-ring (bicyclic) bond motifs is 6. The van der Waals surface area contributed by atoms with Crippen LogP contribution in [0, 0.1) is 11.8 Å². The Morgan fingerprint density at radius 1 is 0.620 bits per heavy atom. The number of urea groups is 1. The molecule has 4 amide bonds. The zero-order valence-electron chi connectivity index (χ0n) is 28.2. The molecule has 0 N–H and O–H groups in total. The first-order valence-corrected chi connectivity index (χ1v) is 20.9. The van der Waals surface area contributed by atoms with Crippen LogP contribution in [0.1, 0.15) is 39.5 Å². The van der Waals surface area contributed by atoms with Crippen molar-refractivity contribution in [2.24, 2.45) is 11.8 Å². The average Bonchev–Trinajstić information content (AvgIpc) is 3.13. The SMILES string of the molecule is CCC(C)CC1C(=O)N(CCCP2(=O)Oc3ccccc3-c3ccccc32)C(=O)N(CCCP2(=O)Oc3ccccc3-c3ccccc32)C1=O. The van der Waals surface area contributed by atoms with E-state index >= 15 is 0 Å². The molecule has 3 atom stereocenters. The quantitative estimate of drug-likeness (QED) is 0.115. The number of amides is 4. The summed E-state index contributed by atoms with van der Waals surface area (Å²) in [4.78, 5) is 43.7. The van der Waals surface area contributed by atoms with Crippen LogP contribution in [-0.2, 0) is 18.7 Å². The molecule has 3 aliphatic rings. The topological polar surface area (TPSA) is 110 Å². The van der Waals surface area contributed by atoms with Crippen molar-refractivity contribution in [3.63, 3.8) is 0 Å². The van der Waals surface area contributed by atoms with Crippen molar-refractivity contribution in [2.45, 2.75) is 39.5 Å². The van der Waals surface area contributed by atoms with Crippen molar-refractivity contribution in [3.05, 3.63) is 97.1 Å². The van der Waals surface area contributed by atoms with Crippen LogP contribution in [0.5, 0.6) is 11.5 Å². The molecule has 1 fully saturated rings. The summed E-state index contributed by atoms with van der Waals surface area (Å²) < 4.78 is 41.0. The van der Waals surface area contributed by atoms with Gasteiger partial charge in [-0.3, -0.25) is 28.5 Å². The van der Waals surface area contributed by atoms with Crippen molar-refractivity contribution in [2.75, 3.05) is 25.4 Å². The van der Waals surface area contributed by atoms with Gasteiger partial charge in [0.1, 0.15) is 17.4 Å². The van der Waals surface area contributed by atoms with Gasteiger partial charge < -0.3 is 9.05 Å². The largest absolute Gasteiger partial charge is 0.439 e. The Balaban J connectivity index is 1.08. The van der Waals surface area contributed by atoms with E-state index in [0.717, 1.165) is 38.5 Å². The molecule has 0 bridgehead atoms. The maximum atomic E-state index is 14.4. The zero-order chi connectivity index (χ0) is 35.0. The molecule has 258 valence electrons. The van der Waals surface area contributed by atoms with Crippen molar-refractivity contribution in [3.8, 4) is 33.8 Å². The number of imide groups is 2. The van der Waals surface area contributed by atoms with Gasteiger partial charge in [-0.15, -0.1) is 0 Å². The van der Waals surface area contributed by atoms with Gasteiger partial charge in [0.25, 0.3) is 14.7 Å². The fourth-order valence-electron chi connectivity index (χ4n) is 7.16. The van der Waals surface area contributed by atoms with Gasteiger partial charge in [0.2, 0.25) is 11.8 Å². The van der Waals surface area contributed by atoms with Crippen molar-refractivity contribution in [1.29, 1.82) is 0 Å². The maximum Gasteiger partial charge on any atom is 0.333 e. The van der Waals surface area contributed by atoms with Crippen LogP contribution in [0.4, 0.5) is 4.79 Å². The van der Waals surface area contributed by atoms with E-state index in [1.54, 1.807) is 12.1 Å². The van der Waals surface area contributed by atoms with E-state index in [1.807, 2.05) is 98.8 Å². The first-order valence-electron chi connectivity index (χ1n) is 17.3. The highest BCUT2D eigenvalue weighted by atomic mass is 31.2. The van der Waals surface area contributed by atoms with Crippen LogP contribution in [0.2, 0.25) is 0 Å². The lowest BCUT2D eigenvalue weighted by molar-refractivity contribution is -0.150. The molecule has 0 aromatic heterocycles. The molecule has 50 heavy (non-hydrogen) atoms.